The molecule has 0 radical (unpaired) electrons. The van der Waals surface area contributed by atoms with E-state index in [1.54, 1.807) is 17.0 Å². The van der Waals surface area contributed by atoms with E-state index in [-0.39, 0.29) is 32.7 Å². The van der Waals surface area contributed by atoms with Crippen LogP contribution in [0.4, 0.5) is 11.4 Å². The van der Waals surface area contributed by atoms with Gasteiger partial charge in [-0.2, -0.15) is 0 Å². The second-order valence-electron chi connectivity index (χ2n) is 9.03. The molecule has 0 saturated carbocycles. The van der Waals surface area contributed by atoms with Crippen LogP contribution in [0, 0.1) is 0 Å². The second-order valence-corrected chi connectivity index (χ2v) is 12.4. The molecule has 40 heavy (non-hydrogen) atoms. The van der Waals surface area contributed by atoms with Gasteiger partial charge in [-0.25, -0.2) is 16.8 Å². The molecule has 10 nitrogen and oxygen atoms in total. The minimum Gasteiger partial charge on any atom is -0.496 e. The second kappa shape index (κ2) is 11.2. The first-order chi connectivity index (χ1) is 19.2. The van der Waals surface area contributed by atoms with E-state index >= 15 is 0 Å². The number of rotatable bonds is 8. The Morgan fingerprint density at radius 3 is 2.17 bits per heavy atom. The Kier molecular flexibility index (Phi) is 7.66. The van der Waals surface area contributed by atoms with Crippen molar-refractivity contribution in [2.45, 2.75) is 9.79 Å². The molecule has 1 amide bonds. The van der Waals surface area contributed by atoms with Crippen molar-refractivity contribution in [1.82, 2.24) is 4.90 Å². The summed E-state index contributed by atoms with van der Waals surface area (Å²) in [4.78, 5) is 14.5. The average molecular weight is 582 g/mol. The van der Waals surface area contributed by atoms with Gasteiger partial charge in [0.05, 0.1) is 41.4 Å². The van der Waals surface area contributed by atoms with Crippen LogP contribution in [0.25, 0.3) is 10.8 Å². The molecule has 0 atom stereocenters. The highest BCUT2D eigenvalue weighted by atomic mass is 32.2. The third-order valence-electron chi connectivity index (χ3n) is 6.46. The SMILES string of the molecule is COc1ccc(S(=O)(=O)Nc2ccc(S(=O)(=O)Nc3cccc4ccccc34)cc2)cc1C(=O)N1CCOCC1. The fraction of sp³-hybridized carbons (Fsp3) is 0.179. The van der Waals surface area contributed by atoms with Crippen LogP contribution in [0.3, 0.4) is 0 Å². The van der Waals surface area contributed by atoms with E-state index in [9.17, 15) is 21.6 Å². The third kappa shape index (κ3) is 5.74. The van der Waals surface area contributed by atoms with Gasteiger partial charge >= 0.3 is 0 Å². The minimum atomic E-state index is -4.11. The summed E-state index contributed by atoms with van der Waals surface area (Å²) in [5.74, 6) is -0.103. The first-order valence-corrected chi connectivity index (χ1v) is 15.3. The van der Waals surface area contributed by atoms with Gasteiger partial charge in [0.2, 0.25) is 0 Å². The smallest absolute Gasteiger partial charge is 0.261 e. The molecule has 1 saturated heterocycles. The number of benzene rings is 4. The fourth-order valence-corrected chi connectivity index (χ4v) is 6.56. The van der Waals surface area contributed by atoms with Crippen molar-refractivity contribution in [3.8, 4) is 5.75 Å². The number of carbonyl (C=O) groups excluding carboxylic acids is 1. The number of ether oxygens (including phenoxy) is 2. The summed E-state index contributed by atoms with van der Waals surface area (Å²) < 4.78 is 68.1. The molecule has 208 valence electrons. The van der Waals surface area contributed by atoms with Crippen LogP contribution in [-0.4, -0.2) is 61.1 Å². The predicted octanol–water partition coefficient (Wildman–Crippen LogP) is 3.92. The Morgan fingerprint density at radius 2 is 1.45 bits per heavy atom. The zero-order valence-electron chi connectivity index (χ0n) is 21.5. The quantitative estimate of drug-likeness (QED) is 0.322. The van der Waals surface area contributed by atoms with Crippen molar-refractivity contribution in [2.75, 3.05) is 42.9 Å². The van der Waals surface area contributed by atoms with Crippen molar-refractivity contribution in [2.24, 2.45) is 0 Å². The van der Waals surface area contributed by atoms with E-state index < -0.39 is 20.0 Å². The summed E-state index contributed by atoms with van der Waals surface area (Å²) in [6.45, 7) is 1.58. The molecule has 12 heteroatoms. The molecule has 4 aromatic rings. The molecule has 2 N–H and O–H groups in total. The average Bonchev–Trinajstić information content (AvgIpc) is 2.97. The van der Waals surface area contributed by atoms with Crippen LogP contribution >= 0.6 is 0 Å². The topological polar surface area (TPSA) is 131 Å². The Labute approximate surface area is 232 Å². The standard InChI is InChI=1S/C28H27N3O7S2/c1-37-27-14-13-23(19-25(27)28(32)31-15-17-38-18-16-31)40(35,36)29-21-9-11-22(12-10-21)39(33,34)30-26-8-4-6-20-5-2-3-7-24(20)26/h2-14,19,29-30H,15-18H2,1H3. The molecule has 0 aliphatic carbocycles. The van der Waals surface area contributed by atoms with Crippen LogP contribution in [0.5, 0.6) is 5.75 Å². The van der Waals surface area contributed by atoms with E-state index in [0.717, 1.165) is 10.8 Å². The summed E-state index contributed by atoms with van der Waals surface area (Å²) in [5, 5.41) is 1.64. The maximum atomic E-state index is 13.2. The Balaban J connectivity index is 1.35. The van der Waals surface area contributed by atoms with Crippen LogP contribution < -0.4 is 14.2 Å². The molecule has 1 aliphatic heterocycles. The normalized spacial score (nSPS) is 14.1. The maximum absolute atomic E-state index is 13.2. The monoisotopic (exact) mass is 581 g/mol. The van der Waals surface area contributed by atoms with Crippen LogP contribution in [0.2, 0.25) is 0 Å². The number of hydrogen-bond donors (Lipinski definition) is 2. The molecular weight excluding hydrogens is 554 g/mol. The van der Waals surface area contributed by atoms with Gasteiger partial charge in [0.15, 0.2) is 0 Å². The number of nitrogens with one attached hydrogen (secondary N) is 2. The number of anilines is 2. The van der Waals surface area contributed by atoms with Gasteiger partial charge in [-0.3, -0.25) is 14.2 Å². The van der Waals surface area contributed by atoms with Crippen LogP contribution in [0.1, 0.15) is 10.4 Å². The number of carbonyl (C=O) groups is 1. The lowest BCUT2D eigenvalue weighted by atomic mass is 10.1. The number of hydrogen-bond acceptors (Lipinski definition) is 7. The molecule has 0 unspecified atom stereocenters. The van der Waals surface area contributed by atoms with E-state index in [1.807, 2.05) is 30.3 Å². The highest BCUT2D eigenvalue weighted by Gasteiger charge is 2.25. The molecule has 1 heterocycles. The van der Waals surface area contributed by atoms with Crippen LogP contribution in [0.15, 0.2) is 94.7 Å². The largest absolute Gasteiger partial charge is 0.496 e. The number of amides is 1. The number of methoxy groups -OCH3 is 1. The first-order valence-electron chi connectivity index (χ1n) is 12.4. The Bertz CT molecular complexity index is 1760. The van der Waals surface area contributed by atoms with E-state index in [1.165, 1.54) is 49.6 Å². The van der Waals surface area contributed by atoms with E-state index in [2.05, 4.69) is 9.44 Å². The first kappa shape index (κ1) is 27.4. The summed E-state index contributed by atoms with van der Waals surface area (Å²) in [7, 11) is -6.65. The summed E-state index contributed by atoms with van der Waals surface area (Å²) in [5.41, 5.74) is 0.707. The number of sulfonamides is 2. The highest BCUT2D eigenvalue weighted by molar-refractivity contribution is 7.93. The summed E-state index contributed by atoms with van der Waals surface area (Å²) >= 11 is 0. The predicted molar refractivity (Wildman–Crippen MR) is 152 cm³/mol. The zero-order valence-corrected chi connectivity index (χ0v) is 23.2. The molecule has 4 aromatic carbocycles. The number of fused-ring (bicyclic) bond motifs is 1. The van der Waals surface area contributed by atoms with Crippen LogP contribution in [-0.2, 0) is 24.8 Å². The van der Waals surface area contributed by atoms with Gasteiger partial charge in [0, 0.05) is 24.2 Å². The molecule has 0 aromatic heterocycles. The Hall–Kier alpha value is -4.13. The van der Waals surface area contributed by atoms with Crippen molar-refractivity contribution in [3.63, 3.8) is 0 Å². The lowest BCUT2D eigenvalue weighted by molar-refractivity contribution is 0.0300. The zero-order chi connectivity index (χ0) is 28.3. The fourth-order valence-electron chi connectivity index (χ4n) is 4.39. The molecule has 1 fully saturated rings. The Morgan fingerprint density at radius 1 is 0.800 bits per heavy atom. The third-order valence-corrected chi connectivity index (χ3v) is 9.22. The van der Waals surface area contributed by atoms with Crippen molar-refractivity contribution < 1.29 is 31.1 Å². The lowest BCUT2D eigenvalue weighted by Crippen LogP contribution is -2.40. The summed E-state index contributed by atoms with van der Waals surface area (Å²) in [6, 6.07) is 22.1. The molecule has 1 aliphatic rings. The van der Waals surface area contributed by atoms with Gasteiger partial charge in [-0.1, -0.05) is 36.4 Å². The van der Waals surface area contributed by atoms with Gasteiger partial charge in [-0.15, -0.1) is 0 Å². The molecular formula is C28H27N3O7S2. The van der Waals surface area contributed by atoms with E-state index in [4.69, 9.17) is 9.47 Å². The lowest BCUT2D eigenvalue weighted by Gasteiger charge is -2.27. The van der Waals surface area contributed by atoms with Gasteiger partial charge in [0.1, 0.15) is 5.75 Å². The molecule has 0 spiro atoms. The van der Waals surface area contributed by atoms with Crippen molar-refractivity contribution in [3.05, 3.63) is 90.5 Å². The van der Waals surface area contributed by atoms with Crippen molar-refractivity contribution >= 4 is 48.1 Å². The van der Waals surface area contributed by atoms with Crippen molar-refractivity contribution in [1.29, 1.82) is 0 Å². The number of morpholine rings is 1. The van der Waals surface area contributed by atoms with Gasteiger partial charge < -0.3 is 14.4 Å². The van der Waals surface area contributed by atoms with Gasteiger partial charge in [-0.05, 0) is 53.9 Å². The van der Waals surface area contributed by atoms with E-state index in [0.29, 0.717) is 32.0 Å². The molecule has 0 bridgehead atoms. The van der Waals surface area contributed by atoms with Gasteiger partial charge in [0.25, 0.3) is 26.0 Å². The number of nitrogens with zero attached hydrogens (tertiary/aromatic N) is 1. The maximum Gasteiger partial charge on any atom is 0.261 e. The minimum absolute atomic E-state index is 0.0359. The molecule has 5 rings (SSSR count). The summed E-state index contributed by atoms with van der Waals surface area (Å²) in [6.07, 6.45) is 0. The highest BCUT2D eigenvalue weighted by Crippen LogP contribution is 2.28.